The highest BCUT2D eigenvalue weighted by Gasteiger charge is 2.30. The first kappa shape index (κ1) is 24.0. The summed E-state index contributed by atoms with van der Waals surface area (Å²) in [5, 5.41) is 19.4. The molecule has 0 bridgehead atoms. The predicted molar refractivity (Wildman–Crippen MR) is 132 cm³/mol. The van der Waals surface area contributed by atoms with Gasteiger partial charge in [-0.2, -0.15) is 18.3 Å². The van der Waals surface area contributed by atoms with Crippen LogP contribution in [0.5, 0.6) is 0 Å². The molecule has 0 aliphatic heterocycles. The molecule has 1 amide bonds. The summed E-state index contributed by atoms with van der Waals surface area (Å²) in [6, 6.07) is 18.0. The predicted octanol–water partition coefficient (Wildman–Crippen LogP) is 4.78. The SMILES string of the molecule is Cn1nccc1Nc1ccc(-n2cc(CC(=O)NCc3cccc(C(F)(F)F)c3)c3ccccc32)nn1. The number of hydrogen-bond donors (Lipinski definition) is 2. The van der Waals surface area contributed by atoms with Gasteiger partial charge in [-0.15, -0.1) is 10.2 Å². The van der Waals surface area contributed by atoms with Gasteiger partial charge in [0.1, 0.15) is 5.82 Å². The molecule has 0 aliphatic carbocycles. The minimum absolute atomic E-state index is 0.00199. The molecule has 2 aromatic carbocycles. The molecule has 0 fully saturated rings. The first-order valence-electron chi connectivity index (χ1n) is 11.4. The summed E-state index contributed by atoms with van der Waals surface area (Å²) in [6.45, 7) is -0.00199. The smallest absolute Gasteiger partial charge is 0.352 e. The van der Waals surface area contributed by atoms with Gasteiger partial charge in [-0.3, -0.25) is 14.0 Å². The van der Waals surface area contributed by atoms with Crippen LogP contribution in [-0.2, 0) is 31.0 Å². The Morgan fingerprint density at radius 2 is 1.84 bits per heavy atom. The molecule has 0 atom stereocenters. The molecule has 0 saturated carbocycles. The van der Waals surface area contributed by atoms with Crippen LogP contribution in [0.4, 0.5) is 24.8 Å². The number of hydrogen-bond acceptors (Lipinski definition) is 5. The standard InChI is InChI=1S/C26H22F3N7O/c1-35-23(11-12-31-35)32-22-9-10-24(34-33-22)36-16-18(20-7-2-3-8-21(20)36)14-25(37)30-15-17-5-4-6-19(13-17)26(27,28)29/h2-13,16H,14-15H2,1H3,(H,30,37)(H,32,33). The fraction of sp³-hybridized carbons (Fsp3) is 0.154. The average molecular weight is 506 g/mol. The topological polar surface area (TPSA) is 89.7 Å². The van der Waals surface area contributed by atoms with E-state index in [0.717, 1.165) is 34.4 Å². The van der Waals surface area contributed by atoms with E-state index in [1.54, 1.807) is 23.0 Å². The zero-order valence-corrected chi connectivity index (χ0v) is 19.7. The fourth-order valence-electron chi connectivity index (χ4n) is 4.02. The molecule has 3 heterocycles. The molecular weight excluding hydrogens is 483 g/mol. The summed E-state index contributed by atoms with van der Waals surface area (Å²) in [5.74, 6) is 1.59. The van der Waals surface area contributed by atoms with Crippen molar-refractivity contribution in [2.24, 2.45) is 7.05 Å². The fourth-order valence-corrected chi connectivity index (χ4v) is 4.02. The van der Waals surface area contributed by atoms with Crippen molar-refractivity contribution in [3.8, 4) is 5.82 Å². The van der Waals surface area contributed by atoms with Crippen molar-refractivity contribution >= 4 is 28.4 Å². The molecule has 0 unspecified atom stereocenters. The molecule has 5 rings (SSSR count). The highest BCUT2D eigenvalue weighted by molar-refractivity contribution is 5.90. The largest absolute Gasteiger partial charge is 0.416 e. The maximum atomic E-state index is 13.0. The molecule has 3 aromatic heterocycles. The van der Waals surface area contributed by atoms with Gasteiger partial charge in [0.25, 0.3) is 0 Å². The molecular formula is C26H22F3N7O. The number of aryl methyl sites for hydroxylation is 1. The van der Waals surface area contributed by atoms with E-state index in [1.165, 1.54) is 6.07 Å². The van der Waals surface area contributed by atoms with Crippen LogP contribution >= 0.6 is 0 Å². The number of aromatic nitrogens is 5. The lowest BCUT2D eigenvalue weighted by Crippen LogP contribution is -2.24. The number of para-hydroxylation sites is 1. The normalized spacial score (nSPS) is 11.6. The summed E-state index contributed by atoms with van der Waals surface area (Å²) >= 11 is 0. The summed E-state index contributed by atoms with van der Waals surface area (Å²) in [7, 11) is 1.81. The van der Waals surface area contributed by atoms with E-state index in [9.17, 15) is 18.0 Å². The number of carbonyl (C=O) groups is 1. The maximum Gasteiger partial charge on any atom is 0.416 e. The van der Waals surface area contributed by atoms with E-state index < -0.39 is 11.7 Å². The maximum absolute atomic E-state index is 13.0. The second-order valence-corrected chi connectivity index (χ2v) is 8.43. The second-order valence-electron chi connectivity index (χ2n) is 8.43. The lowest BCUT2D eigenvalue weighted by molar-refractivity contribution is -0.137. The molecule has 0 aliphatic rings. The molecule has 5 aromatic rings. The third kappa shape index (κ3) is 5.30. The number of halogens is 3. The number of benzene rings is 2. The summed E-state index contributed by atoms with van der Waals surface area (Å²) in [4.78, 5) is 12.7. The number of carbonyl (C=O) groups excluding carboxylic acids is 1. The van der Waals surface area contributed by atoms with Gasteiger partial charge in [0.2, 0.25) is 5.91 Å². The van der Waals surface area contributed by atoms with E-state index in [1.807, 2.05) is 54.2 Å². The van der Waals surface area contributed by atoms with Crippen LogP contribution in [0.15, 0.2) is 79.1 Å². The number of nitrogens with one attached hydrogen (secondary N) is 2. The number of nitrogens with zero attached hydrogens (tertiary/aromatic N) is 5. The van der Waals surface area contributed by atoms with Gasteiger partial charge in [0.05, 0.1) is 23.7 Å². The number of rotatable bonds is 7. The molecule has 8 nitrogen and oxygen atoms in total. The molecule has 37 heavy (non-hydrogen) atoms. The minimum atomic E-state index is -4.43. The van der Waals surface area contributed by atoms with Crippen molar-refractivity contribution in [2.75, 3.05) is 5.32 Å². The monoisotopic (exact) mass is 505 g/mol. The van der Waals surface area contributed by atoms with Crippen molar-refractivity contribution in [2.45, 2.75) is 19.1 Å². The van der Waals surface area contributed by atoms with Gasteiger partial charge >= 0.3 is 6.18 Å². The van der Waals surface area contributed by atoms with Crippen molar-refractivity contribution in [1.82, 2.24) is 29.9 Å². The van der Waals surface area contributed by atoms with Crippen LogP contribution in [0.25, 0.3) is 16.7 Å². The summed E-state index contributed by atoms with van der Waals surface area (Å²) < 4.78 is 42.4. The molecule has 0 spiro atoms. The Balaban J connectivity index is 1.32. The van der Waals surface area contributed by atoms with Gasteiger partial charge < -0.3 is 10.6 Å². The lowest BCUT2D eigenvalue weighted by atomic mass is 10.1. The second kappa shape index (κ2) is 9.76. The van der Waals surface area contributed by atoms with Gasteiger partial charge in [0.15, 0.2) is 11.6 Å². The Morgan fingerprint density at radius 1 is 1.00 bits per heavy atom. The minimum Gasteiger partial charge on any atom is -0.352 e. The van der Waals surface area contributed by atoms with Crippen molar-refractivity contribution in [3.05, 3.63) is 95.8 Å². The molecule has 11 heteroatoms. The van der Waals surface area contributed by atoms with E-state index in [2.05, 4.69) is 25.9 Å². The summed E-state index contributed by atoms with van der Waals surface area (Å²) in [6.07, 6.45) is -0.877. The number of amides is 1. The molecule has 2 N–H and O–H groups in total. The average Bonchev–Trinajstić information content (AvgIpc) is 3.46. The number of fused-ring (bicyclic) bond motifs is 1. The van der Waals surface area contributed by atoms with Crippen LogP contribution in [0.1, 0.15) is 16.7 Å². The zero-order valence-electron chi connectivity index (χ0n) is 19.7. The van der Waals surface area contributed by atoms with E-state index in [0.29, 0.717) is 17.2 Å². The lowest BCUT2D eigenvalue weighted by Gasteiger charge is -2.09. The molecule has 0 saturated heterocycles. The van der Waals surface area contributed by atoms with Crippen LogP contribution in [0, 0.1) is 0 Å². The Morgan fingerprint density at radius 3 is 2.57 bits per heavy atom. The van der Waals surface area contributed by atoms with Gasteiger partial charge in [-0.1, -0.05) is 30.3 Å². The Kier molecular flexibility index (Phi) is 6.34. The Hall–Kier alpha value is -4.67. The summed E-state index contributed by atoms with van der Waals surface area (Å²) in [5.41, 5.74) is 1.24. The first-order chi connectivity index (χ1) is 17.8. The Bertz CT molecular complexity index is 1550. The van der Waals surface area contributed by atoms with Crippen LogP contribution in [0.3, 0.4) is 0 Å². The first-order valence-corrected chi connectivity index (χ1v) is 11.4. The third-order valence-corrected chi connectivity index (χ3v) is 5.86. The highest BCUT2D eigenvalue weighted by atomic mass is 19.4. The number of anilines is 2. The quantitative estimate of drug-likeness (QED) is 0.333. The van der Waals surface area contributed by atoms with E-state index >= 15 is 0 Å². The van der Waals surface area contributed by atoms with Crippen molar-refractivity contribution < 1.29 is 18.0 Å². The molecule has 0 radical (unpaired) electrons. The molecule has 188 valence electrons. The van der Waals surface area contributed by atoms with Crippen molar-refractivity contribution in [1.29, 1.82) is 0 Å². The van der Waals surface area contributed by atoms with Crippen molar-refractivity contribution in [3.63, 3.8) is 0 Å². The van der Waals surface area contributed by atoms with Gasteiger partial charge in [-0.25, -0.2) is 0 Å². The van der Waals surface area contributed by atoms with Crippen LogP contribution in [-0.4, -0.2) is 30.5 Å². The third-order valence-electron chi connectivity index (χ3n) is 5.86. The highest BCUT2D eigenvalue weighted by Crippen LogP contribution is 2.29. The number of alkyl halides is 3. The van der Waals surface area contributed by atoms with Gasteiger partial charge in [-0.05, 0) is 41.5 Å². The van der Waals surface area contributed by atoms with E-state index in [-0.39, 0.29) is 18.9 Å². The Labute approximate surface area is 209 Å². The zero-order chi connectivity index (χ0) is 26.0. The van der Waals surface area contributed by atoms with Gasteiger partial charge in [0, 0.05) is 31.2 Å². The van der Waals surface area contributed by atoms with Crippen LogP contribution in [0.2, 0.25) is 0 Å². The van der Waals surface area contributed by atoms with E-state index in [4.69, 9.17) is 0 Å². The van der Waals surface area contributed by atoms with Crippen LogP contribution < -0.4 is 10.6 Å².